The maximum Gasteiger partial charge on any atom is 0.124 e. The van der Waals surface area contributed by atoms with Gasteiger partial charge < -0.3 is 14.5 Å². The zero-order valence-electron chi connectivity index (χ0n) is 10.9. The van der Waals surface area contributed by atoms with Gasteiger partial charge in [0.1, 0.15) is 10.1 Å². The van der Waals surface area contributed by atoms with Crippen LogP contribution in [0.25, 0.3) is 0 Å². The molecule has 0 atom stereocenters. The largest absolute Gasteiger partial charge is 0.744 e. The second-order valence-corrected chi connectivity index (χ2v) is 6.33. The minimum atomic E-state index is -4.27. The van der Waals surface area contributed by atoms with E-state index in [4.69, 9.17) is 0 Å². The molecule has 0 heterocycles. The van der Waals surface area contributed by atoms with Gasteiger partial charge in [0.15, 0.2) is 0 Å². The van der Waals surface area contributed by atoms with Crippen molar-refractivity contribution in [2.75, 3.05) is 28.2 Å². The number of aryl methyl sites for hydroxylation is 1. The van der Waals surface area contributed by atoms with Gasteiger partial charge in [-0.15, -0.1) is 0 Å². The Morgan fingerprint density at radius 2 is 1.29 bits per heavy atom. The first-order valence-electron chi connectivity index (χ1n) is 4.81. The quantitative estimate of drug-likeness (QED) is 0.542. The highest BCUT2D eigenvalue weighted by Crippen LogP contribution is 2.08. The summed E-state index contributed by atoms with van der Waals surface area (Å²) >= 11 is 0. The van der Waals surface area contributed by atoms with Crippen molar-refractivity contribution in [3.63, 3.8) is 0 Å². The van der Waals surface area contributed by atoms with E-state index in [1.54, 1.807) is 12.1 Å². The lowest BCUT2D eigenvalue weighted by Gasteiger charge is -2.14. The van der Waals surface area contributed by atoms with E-state index in [1.807, 2.05) is 6.92 Å². The Morgan fingerprint density at radius 1 is 1.00 bits per heavy atom. The van der Waals surface area contributed by atoms with Gasteiger partial charge in [-0.25, -0.2) is 8.42 Å². The summed E-state index contributed by atoms with van der Waals surface area (Å²) in [6.07, 6.45) is 0. The van der Waals surface area contributed by atoms with Gasteiger partial charge in [-0.2, -0.15) is 0 Å². The number of hydrogen-bond acceptors (Lipinski definition) is 3. The van der Waals surface area contributed by atoms with E-state index in [1.165, 1.54) is 12.1 Å². The van der Waals surface area contributed by atoms with E-state index in [9.17, 15) is 13.0 Å². The molecule has 1 aromatic carbocycles. The molecule has 0 saturated carbocycles. The Balaban J connectivity index is 0. The van der Waals surface area contributed by atoms with Crippen LogP contribution in [-0.4, -0.2) is 51.1 Å². The molecule has 0 saturated heterocycles. The summed E-state index contributed by atoms with van der Waals surface area (Å²) in [5.74, 6) is 0. The van der Waals surface area contributed by atoms with Crippen molar-refractivity contribution in [1.29, 1.82) is 0 Å². The topological polar surface area (TPSA) is 88.7 Å². The van der Waals surface area contributed by atoms with Gasteiger partial charge in [0.25, 0.3) is 0 Å². The Hall–Kier alpha value is -0.950. The molecular formula is C11H21NO4S. The molecule has 0 bridgehead atoms. The molecule has 17 heavy (non-hydrogen) atoms. The summed E-state index contributed by atoms with van der Waals surface area (Å²) < 4.78 is 32.2. The summed E-state index contributed by atoms with van der Waals surface area (Å²) in [6.45, 7) is 1.82. The highest BCUT2D eigenvalue weighted by Gasteiger charge is 1.97. The third-order valence-corrected chi connectivity index (χ3v) is 2.16. The predicted molar refractivity (Wildman–Crippen MR) is 66.7 cm³/mol. The molecule has 100 valence electrons. The van der Waals surface area contributed by atoms with Crippen molar-refractivity contribution < 1.29 is 22.9 Å². The molecule has 0 spiro atoms. The lowest BCUT2D eigenvalue weighted by atomic mass is 10.2. The van der Waals surface area contributed by atoms with Gasteiger partial charge in [0.05, 0.1) is 33.1 Å². The summed E-state index contributed by atoms with van der Waals surface area (Å²) in [7, 11) is 4.23. The molecule has 0 fully saturated rings. The third-order valence-electron chi connectivity index (χ3n) is 1.31. The minimum absolute atomic E-state index is 0. The van der Waals surface area contributed by atoms with Gasteiger partial charge >= 0.3 is 0 Å². The molecule has 2 N–H and O–H groups in total. The van der Waals surface area contributed by atoms with Crippen LogP contribution in [0.3, 0.4) is 0 Å². The Kier molecular flexibility index (Phi) is 7.26. The van der Waals surface area contributed by atoms with E-state index >= 15 is 0 Å². The highest BCUT2D eigenvalue weighted by molar-refractivity contribution is 7.85. The number of benzene rings is 1. The summed E-state index contributed by atoms with van der Waals surface area (Å²) in [6, 6.07) is 5.78. The first kappa shape index (κ1) is 18.4. The molecule has 5 nitrogen and oxygen atoms in total. The van der Waals surface area contributed by atoms with E-state index < -0.39 is 10.1 Å². The molecule has 0 aromatic heterocycles. The summed E-state index contributed by atoms with van der Waals surface area (Å²) in [5.41, 5.74) is 0.928. The van der Waals surface area contributed by atoms with Crippen LogP contribution in [-0.2, 0) is 10.1 Å². The average molecular weight is 263 g/mol. The standard InChI is InChI=1S/C7H8O3S.C4H12N.H2O/c1-6-2-4-7(5-3-6)11(8,9)10;1-5(2,3)4;/h2-5H,1H3,(H,8,9,10);1-4H3;1H2/q;+1;/p-1. The van der Waals surface area contributed by atoms with Crippen LogP contribution in [0, 0.1) is 6.92 Å². The van der Waals surface area contributed by atoms with Gasteiger partial charge in [-0.3, -0.25) is 0 Å². The SMILES string of the molecule is C[N+](C)(C)C.Cc1ccc(S(=O)(=O)[O-])cc1.O. The number of nitrogens with zero attached hydrogens (tertiary/aromatic N) is 1. The van der Waals surface area contributed by atoms with E-state index in [0.717, 1.165) is 10.0 Å². The first-order chi connectivity index (χ1) is 7.00. The molecule has 0 aliphatic rings. The lowest BCUT2D eigenvalue weighted by Crippen LogP contribution is -2.27. The van der Waals surface area contributed by atoms with Crippen LogP contribution in [0.15, 0.2) is 29.2 Å². The molecule has 1 rings (SSSR count). The fraction of sp³-hybridized carbons (Fsp3) is 0.455. The van der Waals surface area contributed by atoms with Crippen molar-refractivity contribution in [3.05, 3.63) is 29.8 Å². The molecule has 0 unspecified atom stereocenters. The van der Waals surface area contributed by atoms with Crippen molar-refractivity contribution in [1.82, 2.24) is 0 Å². The Bertz CT molecular complexity index is 412. The molecule has 6 heteroatoms. The van der Waals surface area contributed by atoms with E-state index in [2.05, 4.69) is 28.2 Å². The molecule has 0 radical (unpaired) electrons. The van der Waals surface area contributed by atoms with Crippen LogP contribution in [0.1, 0.15) is 5.56 Å². The number of hydrogen-bond donors (Lipinski definition) is 0. The zero-order valence-corrected chi connectivity index (χ0v) is 11.7. The number of rotatable bonds is 1. The van der Waals surface area contributed by atoms with Gasteiger partial charge in [-0.05, 0) is 19.1 Å². The second kappa shape index (κ2) is 6.70. The molecule has 1 aromatic rings. The molecular weight excluding hydrogens is 242 g/mol. The Labute approximate surface area is 103 Å². The fourth-order valence-electron chi connectivity index (χ4n) is 0.705. The van der Waals surface area contributed by atoms with E-state index in [-0.39, 0.29) is 10.4 Å². The normalized spacial score (nSPS) is 10.9. The second-order valence-electron chi connectivity index (χ2n) is 4.95. The monoisotopic (exact) mass is 263 g/mol. The number of quaternary nitrogens is 1. The molecule has 0 aliphatic heterocycles. The van der Waals surface area contributed by atoms with Crippen LogP contribution in [0.2, 0.25) is 0 Å². The average Bonchev–Trinajstić information content (AvgIpc) is 1.99. The maximum atomic E-state index is 10.4. The molecule has 0 amide bonds. The van der Waals surface area contributed by atoms with Crippen LogP contribution in [0.4, 0.5) is 0 Å². The first-order valence-corrected chi connectivity index (χ1v) is 6.22. The van der Waals surface area contributed by atoms with Crippen LogP contribution >= 0.6 is 0 Å². The summed E-state index contributed by atoms with van der Waals surface area (Å²) in [5, 5.41) is 0. The zero-order chi connectivity index (χ0) is 13.0. The van der Waals surface area contributed by atoms with Gasteiger partial charge in [0, 0.05) is 0 Å². The summed E-state index contributed by atoms with van der Waals surface area (Å²) in [4.78, 5) is -0.178. The predicted octanol–water partition coefficient (Wildman–Crippen LogP) is 0.397. The van der Waals surface area contributed by atoms with Crippen LogP contribution < -0.4 is 0 Å². The van der Waals surface area contributed by atoms with Crippen LogP contribution in [0.5, 0.6) is 0 Å². The van der Waals surface area contributed by atoms with Crippen molar-refractivity contribution >= 4 is 10.1 Å². The third kappa shape index (κ3) is 11.3. The fourth-order valence-corrected chi connectivity index (χ4v) is 1.17. The van der Waals surface area contributed by atoms with Gasteiger partial charge in [0.2, 0.25) is 0 Å². The highest BCUT2D eigenvalue weighted by atomic mass is 32.2. The minimum Gasteiger partial charge on any atom is -0.744 e. The lowest BCUT2D eigenvalue weighted by molar-refractivity contribution is -0.849. The molecule has 0 aliphatic carbocycles. The van der Waals surface area contributed by atoms with Crippen molar-refractivity contribution in [2.24, 2.45) is 0 Å². The maximum absolute atomic E-state index is 10.4. The van der Waals surface area contributed by atoms with Crippen molar-refractivity contribution in [2.45, 2.75) is 11.8 Å². The van der Waals surface area contributed by atoms with E-state index in [0.29, 0.717) is 0 Å². The smallest absolute Gasteiger partial charge is 0.124 e. The van der Waals surface area contributed by atoms with Crippen molar-refractivity contribution in [3.8, 4) is 0 Å². The Morgan fingerprint density at radius 3 is 1.53 bits per heavy atom. The van der Waals surface area contributed by atoms with Gasteiger partial charge in [-0.1, -0.05) is 17.7 Å².